The minimum atomic E-state index is 0.604. The molecule has 0 unspecified atom stereocenters. The Balaban J connectivity index is 2.55. The van der Waals surface area contributed by atoms with Gasteiger partial charge in [0.05, 0.1) is 10.7 Å². The monoisotopic (exact) mass is 218 g/mol. The first-order chi connectivity index (χ1) is 7.18. The second-order valence-corrected chi connectivity index (χ2v) is 3.85. The molecule has 0 radical (unpaired) electrons. The van der Waals surface area contributed by atoms with Crippen molar-refractivity contribution < 1.29 is 0 Å². The summed E-state index contributed by atoms with van der Waals surface area (Å²) in [5, 5.41) is 0.604. The summed E-state index contributed by atoms with van der Waals surface area (Å²) in [6.45, 7) is 3.93. The molecule has 1 heterocycles. The van der Waals surface area contributed by atoms with Gasteiger partial charge in [0.25, 0.3) is 0 Å². The Labute approximate surface area is 94.0 Å². The molecule has 0 amide bonds. The van der Waals surface area contributed by atoms with Crippen molar-refractivity contribution in [2.75, 3.05) is 0 Å². The van der Waals surface area contributed by atoms with Crippen LogP contribution in [0.5, 0.6) is 0 Å². The molecule has 0 N–H and O–H groups in total. The highest BCUT2D eigenvalue weighted by Gasteiger charge is 2.05. The molecular formula is C12H11ClN2. The molecule has 2 rings (SSSR count). The van der Waals surface area contributed by atoms with Crippen molar-refractivity contribution in [3.8, 4) is 11.4 Å². The van der Waals surface area contributed by atoms with Gasteiger partial charge in [-0.3, -0.25) is 0 Å². The lowest BCUT2D eigenvalue weighted by Crippen LogP contribution is -1.93. The van der Waals surface area contributed by atoms with Crippen LogP contribution in [0, 0.1) is 13.8 Å². The number of nitrogens with zero attached hydrogens (tertiary/aromatic N) is 2. The van der Waals surface area contributed by atoms with Gasteiger partial charge in [0.2, 0.25) is 0 Å². The Morgan fingerprint density at radius 3 is 2.53 bits per heavy atom. The quantitative estimate of drug-likeness (QED) is 0.733. The first-order valence-electron chi connectivity index (χ1n) is 4.73. The van der Waals surface area contributed by atoms with Crippen molar-refractivity contribution in [2.24, 2.45) is 0 Å². The van der Waals surface area contributed by atoms with E-state index < -0.39 is 0 Å². The lowest BCUT2D eigenvalue weighted by Gasteiger charge is -2.05. The van der Waals surface area contributed by atoms with Crippen molar-refractivity contribution in [1.82, 2.24) is 9.97 Å². The second-order valence-electron chi connectivity index (χ2n) is 3.44. The van der Waals surface area contributed by atoms with Gasteiger partial charge in [-0.1, -0.05) is 35.9 Å². The van der Waals surface area contributed by atoms with Crippen molar-refractivity contribution >= 4 is 11.6 Å². The zero-order valence-electron chi connectivity index (χ0n) is 8.66. The molecular weight excluding hydrogens is 208 g/mol. The predicted octanol–water partition coefficient (Wildman–Crippen LogP) is 3.41. The molecule has 0 saturated heterocycles. The molecule has 1 aromatic heterocycles. The van der Waals surface area contributed by atoms with Crippen LogP contribution in [0.3, 0.4) is 0 Å². The molecule has 0 aliphatic heterocycles. The number of hydrogen-bond donors (Lipinski definition) is 0. The summed E-state index contributed by atoms with van der Waals surface area (Å²) in [6, 6.07) is 8.04. The zero-order valence-corrected chi connectivity index (χ0v) is 9.42. The number of benzene rings is 1. The minimum Gasteiger partial charge on any atom is -0.235 e. The van der Waals surface area contributed by atoms with E-state index >= 15 is 0 Å². The van der Waals surface area contributed by atoms with Crippen LogP contribution in [-0.4, -0.2) is 9.97 Å². The van der Waals surface area contributed by atoms with Crippen LogP contribution in [0.1, 0.15) is 11.3 Å². The molecule has 3 heteroatoms. The molecule has 0 atom stereocenters. The smallest absolute Gasteiger partial charge is 0.159 e. The van der Waals surface area contributed by atoms with Gasteiger partial charge in [0.1, 0.15) is 0 Å². The van der Waals surface area contributed by atoms with Crippen molar-refractivity contribution in [3.05, 3.63) is 46.7 Å². The van der Waals surface area contributed by atoms with Crippen LogP contribution in [0.15, 0.2) is 30.5 Å². The van der Waals surface area contributed by atoms with E-state index in [4.69, 9.17) is 11.6 Å². The molecule has 76 valence electrons. The van der Waals surface area contributed by atoms with E-state index in [1.807, 2.05) is 38.1 Å². The van der Waals surface area contributed by atoms with Crippen molar-refractivity contribution in [1.29, 1.82) is 0 Å². The normalized spacial score (nSPS) is 10.3. The Hall–Kier alpha value is -1.41. The number of halogens is 1. The molecule has 0 aliphatic carbocycles. The van der Waals surface area contributed by atoms with E-state index in [1.54, 1.807) is 6.20 Å². The topological polar surface area (TPSA) is 25.8 Å². The van der Waals surface area contributed by atoms with Crippen LogP contribution in [0.4, 0.5) is 0 Å². The molecule has 0 fully saturated rings. The van der Waals surface area contributed by atoms with Gasteiger partial charge in [0, 0.05) is 11.8 Å². The van der Waals surface area contributed by atoms with E-state index in [1.165, 1.54) is 5.56 Å². The van der Waals surface area contributed by atoms with E-state index in [0.29, 0.717) is 5.02 Å². The molecule has 0 saturated carbocycles. The molecule has 0 bridgehead atoms. The first-order valence-corrected chi connectivity index (χ1v) is 5.11. The van der Waals surface area contributed by atoms with Crippen LogP contribution < -0.4 is 0 Å². The number of aryl methyl sites for hydroxylation is 2. The highest BCUT2D eigenvalue weighted by molar-refractivity contribution is 6.31. The van der Waals surface area contributed by atoms with Crippen LogP contribution in [-0.2, 0) is 0 Å². The molecule has 1 aromatic carbocycles. The SMILES string of the molecule is Cc1ccccc1-c1ncc(Cl)c(C)n1. The Kier molecular flexibility index (Phi) is 2.69. The van der Waals surface area contributed by atoms with E-state index in [9.17, 15) is 0 Å². The Bertz CT molecular complexity index is 495. The summed E-state index contributed by atoms with van der Waals surface area (Å²) in [6.07, 6.45) is 1.64. The van der Waals surface area contributed by atoms with Gasteiger partial charge in [-0.15, -0.1) is 0 Å². The van der Waals surface area contributed by atoms with Crippen LogP contribution in [0.2, 0.25) is 5.02 Å². The summed E-state index contributed by atoms with van der Waals surface area (Å²) < 4.78 is 0. The predicted molar refractivity (Wildman–Crippen MR) is 62.0 cm³/mol. The van der Waals surface area contributed by atoms with Gasteiger partial charge in [-0.25, -0.2) is 9.97 Å². The van der Waals surface area contributed by atoms with Crippen LogP contribution >= 0.6 is 11.6 Å². The van der Waals surface area contributed by atoms with Gasteiger partial charge in [-0.2, -0.15) is 0 Å². The van der Waals surface area contributed by atoms with Gasteiger partial charge >= 0.3 is 0 Å². The number of hydrogen-bond acceptors (Lipinski definition) is 2. The average molecular weight is 219 g/mol. The maximum absolute atomic E-state index is 5.88. The maximum Gasteiger partial charge on any atom is 0.159 e. The fraction of sp³-hybridized carbons (Fsp3) is 0.167. The third-order valence-corrected chi connectivity index (χ3v) is 2.68. The Morgan fingerprint density at radius 2 is 1.87 bits per heavy atom. The molecule has 0 aliphatic rings. The first kappa shape index (κ1) is 10.1. The average Bonchev–Trinajstić information content (AvgIpc) is 2.23. The molecule has 15 heavy (non-hydrogen) atoms. The lowest BCUT2D eigenvalue weighted by molar-refractivity contribution is 1.11. The highest BCUT2D eigenvalue weighted by atomic mass is 35.5. The summed E-state index contributed by atoms with van der Waals surface area (Å²) in [5.74, 6) is 0.731. The van der Waals surface area contributed by atoms with E-state index in [-0.39, 0.29) is 0 Å². The van der Waals surface area contributed by atoms with E-state index in [0.717, 1.165) is 17.1 Å². The summed E-state index contributed by atoms with van der Waals surface area (Å²) in [4.78, 5) is 8.59. The van der Waals surface area contributed by atoms with Gasteiger partial charge < -0.3 is 0 Å². The van der Waals surface area contributed by atoms with E-state index in [2.05, 4.69) is 9.97 Å². The zero-order chi connectivity index (χ0) is 10.8. The maximum atomic E-state index is 5.88. The summed E-state index contributed by atoms with van der Waals surface area (Å²) in [7, 11) is 0. The third-order valence-electron chi connectivity index (χ3n) is 2.31. The van der Waals surface area contributed by atoms with Gasteiger partial charge in [0.15, 0.2) is 5.82 Å². The molecule has 0 spiro atoms. The second kappa shape index (κ2) is 3.99. The summed E-state index contributed by atoms with van der Waals surface area (Å²) >= 11 is 5.88. The highest BCUT2D eigenvalue weighted by Crippen LogP contribution is 2.21. The van der Waals surface area contributed by atoms with Gasteiger partial charge in [-0.05, 0) is 19.4 Å². The fourth-order valence-electron chi connectivity index (χ4n) is 1.41. The van der Waals surface area contributed by atoms with Crippen LogP contribution in [0.25, 0.3) is 11.4 Å². The van der Waals surface area contributed by atoms with Crippen molar-refractivity contribution in [3.63, 3.8) is 0 Å². The third kappa shape index (κ3) is 2.00. The standard InChI is InChI=1S/C12H11ClN2/c1-8-5-3-4-6-10(8)12-14-7-11(13)9(2)15-12/h3-7H,1-2H3. The Morgan fingerprint density at radius 1 is 1.13 bits per heavy atom. The largest absolute Gasteiger partial charge is 0.235 e. The number of rotatable bonds is 1. The summed E-state index contributed by atoms with van der Waals surface area (Å²) in [5.41, 5.74) is 3.03. The lowest BCUT2D eigenvalue weighted by atomic mass is 10.1. The molecule has 2 nitrogen and oxygen atoms in total. The fourth-order valence-corrected chi connectivity index (χ4v) is 1.50. The number of aromatic nitrogens is 2. The minimum absolute atomic E-state index is 0.604. The van der Waals surface area contributed by atoms with Crippen molar-refractivity contribution in [2.45, 2.75) is 13.8 Å². The molecule has 2 aromatic rings.